The van der Waals surface area contributed by atoms with Crippen molar-refractivity contribution >= 4 is 45.4 Å². The highest BCUT2D eigenvalue weighted by Gasteiger charge is 2.42. The summed E-state index contributed by atoms with van der Waals surface area (Å²) >= 11 is 5.11. The lowest BCUT2D eigenvalue weighted by Crippen LogP contribution is -2.26. The van der Waals surface area contributed by atoms with Crippen LogP contribution in [0.3, 0.4) is 0 Å². The van der Waals surface area contributed by atoms with Gasteiger partial charge in [-0.3, -0.25) is 0 Å². The quantitative estimate of drug-likeness (QED) is 0.0766. The molecule has 3 heterocycles. The molecule has 0 saturated heterocycles. The molecule has 0 unspecified atom stereocenters. The second-order valence-electron chi connectivity index (χ2n) is 16.5. The molecule has 54 heavy (non-hydrogen) atoms. The maximum absolute atomic E-state index is 4.86. The van der Waals surface area contributed by atoms with Gasteiger partial charge in [0, 0.05) is 36.1 Å². The lowest BCUT2D eigenvalue weighted by Gasteiger charge is -2.33. The summed E-state index contributed by atoms with van der Waals surface area (Å²) in [4.78, 5) is 5.29. The fourth-order valence-electron chi connectivity index (χ4n) is 8.81. The van der Waals surface area contributed by atoms with E-state index in [0.717, 1.165) is 11.0 Å². The lowest BCUT2D eigenvalue weighted by molar-refractivity contribution is 0.397. The zero-order valence-corrected chi connectivity index (χ0v) is 36.1. The second kappa shape index (κ2) is 17.8. The van der Waals surface area contributed by atoms with Crippen LogP contribution in [-0.4, -0.2) is 8.75 Å². The molecule has 0 saturated carbocycles. The van der Waals surface area contributed by atoms with Gasteiger partial charge in [-0.1, -0.05) is 161 Å². The minimum atomic E-state index is 0.0761. The van der Waals surface area contributed by atoms with Gasteiger partial charge in [0.25, 0.3) is 0 Å². The van der Waals surface area contributed by atoms with Crippen LogP contribution in [0.15, 0.2) is 72.8 Å². The predicted molar refractivity (Wildman–Crippen MR) is 240 cm³/mol. The van der Waals surface area contributed by atoms with E-state index in [9.17, 15) is 0 Å². The van der Waals surface area contributed by atoms with Crippen LogP contribution in [0, 0.1) is 0 Å². The van der Waals surface area contributed by atoms with E-state index in [1.807, 2.05) is 22.7 Å². The third-order valence-electron chi connectivity index (χ3n) is 12.0. The summed E-state index contributed by atoms with van der Waals surface area (Å²) in [6.45, 7) is 13.9. The maximum atomic E-state index is 4.86. The number of fused-ring (bicyclic) bond motifs is 4. The molecule has 0 atom stereocenters. The Morgan fingerprint density at radius 3 is 1.61 bits per heavy atom. The van der Waals surface area contributed by atoms with Crippen molar-refractivity contribution in [1.29, 1.82) is 0 Å². The minimum Gasteiger partial charge on any atom is -0.172 e. The van der Waals surface area contributed by atoms with Gasteiger partial charge in [0.15, 0.2) is 0 Å². The zero-order chi connectivity index (χ0) is 37.7. The molecule has 3 aromatic carbocycles. The van der Waals surface area contributed by atoms with E-state index in [1.54, 1.807) is 11.1 Å². The van der Waals surface area contributed by atoms with Crippen LogP contribution in [0.4, 0.5) is 0 Å². The number of rotatable bonds is 19. The molecule has 6 aromatic rings. The van der Waals surface area contributed by atoms with E-state index in [1.165, 1.54) is 155 Å². The highest BCUT2D eigenvalue weighted by molar-refractivity contribution is 7.19. The summed E-state index contributed by atoms with van der Waals surface area (Å²) in [5, 5.41) is 0. The van der Waals surface area contributed by atoms with Gasteiger partial charge in [-0.25, -0.2) is 0 Å². The highest BCUT2D eigenvalue weighted by Crippen LogP contribution is 2.56. The molecule has 0 fully saturated rings. The molecule has 0 amide bonds. The molecular weight excluding hydrogens is 713 g/mol. The number of thiophene rings is 2. The van der Waals surface area contributed by atoms with Crippen molar-refractivity contribution in [3.05, 3.63) is 94.4 Å². The Labute approximate surface area is 337 Å². The number of hydrogen-bond acceptors (Lipinski definition) is 5. The summed E-state index contributed by atoms with van der Waals surface area (Å²) in [6.07, 6.45) is 18.6. The summed E-state index contributed by atoms with van der Waals surface area (Å²) in [7, 11) is 0. The molecule has 0 N–H and O–H groups in total. The summed E-state index contributed by atoms with van der Waals surface area (Å²) in [6, 6.07) is 28.7. The van der Waals surface area contributed by atoms with Crippen molar-refractivity contribution in [3.63, 3.8) is 0 Å². The van der Waals surface area contributed by atoms with Crippen molar-refractivity contribution in [1.82, 2.24) is 8.75 Å². The smallest absolute Gasteiger partial charge is 0.114 e. The maximum Gasteiger partial charge on any atom is 0.114 e. The topological polar surface area (TPSA) is 25.8 Å². The van der Waals surface area contributed by atoms with Crippen LogP contribution >= 0.6 is 34.4 Å². The fourth-order valence-corrected chi connectivity index (χ4v) is 11.5. The Hall–Kier alpha value is -3.12. The van der Waals surface area contributed by atoms with Crippen LogP contribution < -0.4 is 0 Å². The van der Waals surface area contributed by atoms with Crippen LogP contribution in [0.25, 0.3) is 53.5 Å². The average molecular weight is 773 g/mol. The molecule has 2 nitrogen and oxygen atoms in total. The van der Waals surface area contributed by atoms with Crippen LogP contribution in [0.2, 0.25) is 0 Å². The molecule has 284 valence electrons. The van der Waals surface area contributed by atoms with Crippen molar-refractivity contribution in [2.45, 2.75) is 149 Å². The molecular formula is C49H60N2S3. The summed E-state index contributed by atoms with van der Waals surface area (Å²) in [5.74, 6) is 1.05. The van der Waals surface area contributed by atoms with Gasteiger partial charge in [-0.15, -0.1) is 22.7 Å². The van der Waals surface area contributed by atoms with Gasteiger partial charge in [0.2, 0.25) is 0 Å². The van der Waals surface area contributed by atoms with Crippen LogP contribution in [0.1, 0.15) is 165 Å². The second-order valence-corrected chi connectivity index (χ2v) is 19.2. The van der Waals surface area contributed by atoms with Gasteiger partial charge in [0.1, 0.15) is 11.0 Å². The average Bonchev–Trinajstić information content (AvgIpc) is 4.00. The normalized spacial score (nSPS) is 13.4. The van der Waals surface area contributed by atoms with Gasteiger partial charge in [-0.05, 0) is 88.4 Å². The third-order valence-corrected chi connectivity index (χ3v) is 15.1. The molecule has 0 radical (unpaired) electrons. The van der Waals surface area contributed by atoms with E-state index in [2.05, 4.69) is 114 Å². The Bertz CT molecular complexity index is 2130. The Morgan fingerprint density at radius 1 is 0.500 bits per heavy atom. The molecule has 0 spiro atoms. The molecule has 1 aliphatic carbocycles. The summed E-state index contributed by atoms with van der Waals surface area (Å²) < 4.78 is 9.68. The fraction of sp³-hybridized carbons (Fsp3) is 0.469. The van der Waals surface area contributed by atoms with E-state index >= 15 is 0 Å². The van der Waals surface area contributed by atoms with Crippen molar-refractivity contribution in [2.75, 3.05) is 0 Å². The number of hydrogen-bond donors (Lipinski definition) is 0. The number of nitrogens with zero attached hydrogens (tertiary/aromatic N) is 2. The molecule has 0 aliphatic heterocycles. The predicted octanol–water partition coefficient (Wildman–Crippen LogP) is 16.8. The van der Waals surface area contributed by atoms with Crippen LogP contribution in [0.5, 0.6) is 0 Å². The monoisotopic (exact) mass is 772 g/mol. The van der Waals surface area contributed by atoms with Gasteiger partial charge < -0.3 is 0 Å². The van der Waals surface area contributed by atoms with Crippen LogP contribution in [-0.2, 0) is 5.41 Å². The first-order valence-corrected chi connectivity index (χ1v) is 23.5. The highest BCUT2D eigenvalue weighted by atomic mass is 32.1. The number of unbranched alkanes of at least 4 members (excludes halogenated alkanes) is 10. The first-order chi connectivity index (χ1) is 26.3. The Kier molecular flexibility index (Phi) is 12.9. The van der Waals surface area contributed by atoms with E-state index in [0.29, 0.717) is 11.8 Å². The standard InChI is InChI=1S/C49H60N2S3/c1-7-9-11-13-15-17-29-49(30-18-16-14-12-10-8-2)41-31-35(33(3)4)19-21-37(41)38-22-20-36(32-42(38)49)44-26-28-46(53-44)40-24-23-39(47-48(40)51-54-50-47)45-27-25-43(52-45)34(5)6/h19-28,31-34H,7-18,29-30H2,1-6H3. The zero-order valence-electron chi connectivity index (χ0n) is 33.6. The number of aromatic nitrogens is 2. The first-order valence-electron chi connectivity index (χ1n) is 21.1. The van der Waals surface area contributed by atoms with E-state index < -0.39 is 0 Å². The largest absolute Gasteiger partial charge is 0.172 e. The van der Waals surface area contributed by atoms with Crippen molar-refractivity contribution in [2.24, 2.45) is 0 Å². The molecule has 0 bridgehead atoms. The van der Waals surface area contributed by atoms with Crippen molar-refractivity contribution in [3.8, 4) is 42.4 Å². The SMILES string of the molecule is CCCCCCCCC1(CCCCCCCC)c2cc(-c3ccc(-c4ccc(-c5ccc(C(C)C)s5)c5nsnc45)s3)ccc2-c2ccc(C(C)C)cc21. The van der Waals surface area contributed by atoms with Gasteiger partial charge in [-0.2, -0.15) is 8.75 Å². The van der Waals surface area contributed by atoms with E-state index in [4.69, 9.17) is 8.75 Å². The molecule has 7 rings (SSSR count). The van der Waals surface area contributed by atoms with Crippen molar-refractivity contribution < 1.29 is 0 Å². The Morgan fingerprint density at radius 2 is 1.02 bits per heavy atom. The lowest BCUT2D eigenvalue weighted by atomic mass is 9.70. The van der Waals surface area contributed by atoms with E-state index in [-0.39, 0.29) is 5.41 Å². The first kappa shape index (κ1) is 39.1. The molecule has 1 aliphatic rings. The molecule has 5 heteroatoms. The van der Waals surface area contributed by atoms with Gasteiger partial charge in [0.05, 0.1) is 11.7 Å². The van der Waals surface area contributed by atoms with Gasteiger partial charge >= 0.3 is 0 Å². The summed E-state index contributed by atoms with van der Waals surface area (Å²) in [5.41, 5.74) is 13.5. The number of benzene rings is 3. The molecule has 3 aromatic heterocycles. The Balaban J connectivity index is 1.24. The minimum absolute atomic E-state index is 0.0761. The third kappa shape index (κ3) is 8.06.